The molecule has 6 nitrogen and oxygen atoms in total. The number of ether oxygens (including phenoxy) is 1. The van der Waals surface area contributed by atoms with Gasteiger partial charge in [-0.1, -0.05) is 26.2 Å². The fourth-order valence-electron chi connectivity index (χ4n) is 2.20. The lowest BCUT2D eigenvalue weighted by Crippen LogP contribution is -2.37. The highest BCUT2D eigenvalue weighted by atomic mass is 16.5. The van der Waals surface area contributed by atoms with Gasteiger partial charge in [-0.05, 0) is 19.3 Å². The van der Waals surface area contributed by atoms with Crippen LogP contribution in [0.1, 0.15) is 45.4 Å². The lowest BCUT2D eigenvalue weighted by molar-refractivity contribution is -0.132. The Morgan fingerprint density at radius 1 is 1.32 bits per heavy atom. The molecule has 4 N–H and O–H groups in total. The lowest BCUT2D eigenvalue weighted by Gasteiger charge is -2.22. The summed E-state index contributed by atoms with van der Waals surface area (Å²) < 4.78 is 4.94. The van der Waals surface area contributed by atoms with E-state index in [0.717, 1.165) is 25.7 Å². The van der Waals surface area contributed by atoms with E-state index in [9.17, 15) is 9.59 Å². The van der Waals surface area contributed by atoms with Crippen LogP contribution in [0.4, 0.5) is 4.79 Å². The first kappa shape index (κ1) is 15.3. The minimum atomic E-state index is -1.07. The van der Waals surface area contributed by atoms with Gasteiger partial charge in [-0.15, -0.1) is 0 Å². The quantitative estimate of drug-likeness (QED) is 0.661. The van der Waals surface area contributed by atoms with Crippen LogP contribution in [0.15, 0.2) is 11.3 Å². The van der Waals surface area contributed by atoms with Crippen LogP contribution in [0, 0.1) is 0 Å². The van der Waals surface area contributed by atoms with E-state index in [1.807, 2.05) is 0 Å². The summed E-state index contributed by atoms with van der Waals surface area (Å²) in [5, 5.41) is 11.6. The van der Waals surface area contributed by atoms with Gasteiger partial charge in [-0.3, -0.25) is 0 Å². The third-order valence-corrected chi connectivity index (χ3v) is 3.29. The van der Waals surface area contributed by atoms with Crippen molar-refractivity contribution in [1.82, 2.24) is 5.32 Å². The van der Waals surface area contributed by atoms with E-state index in [-0.39, 0.29) is 23.9 Å². The summed E-state index contributed by atoms with van der Waals surface area (Å²) in [6, 6.07) is 0.163. The number of hydrogen-bond acceptors (Lipinski definition) is 4. The number of carbonyl (C=O) groups excluding carboxylic acids is 1. The number of rotatable bonds is 5. The predicted octanol–water partition coefficient (Wildman–Crippen LogP) is 1.75. The molecule has 0 atom stereocenters. The summed E-state index contributed by atoms with van der Waals surface area (Å²) in [6.45, 7) is 1.51. The second-order valence-corrected chi connectivity index (χ2v) is 4.72. The molecule has 1 fully saturated rings. The number of alkyl carbamates (subject to hydrolysis) is 1. The molecule has 1 amide bonds. The minimum Gasteiger partial charge on any atom is -0.478 e. The fraction of sp³-hybridized carbons (Fsp3) is 0.692. The van der Waals surface area contributed by atoms with Gasteiger partial charge in [0.05, 0.1) is 11.3 Å². The average Bonchev–Trinajstić information content (AvgIpc) is 2.38. The number of hydrogen-bond donors (Lipinski definition) is 3. The molecule has 0 aromatic rings. The van der Waals surface area contributed by atoms with Crippen molar-refractivity contribution in [1.29, 1.82) is 0 Å². The van der Waals surface area contributed by atoms with Gasteiger partial charge in [0.15, 0.2) is 0 Å². The van der Waals surface area contributed by atoms with E-state index in [1.54, 1.807) is 6.92 Å². The first-order chi connectivity index (χ1) is 9.04. The van der Waals surface area contributed by atoms with E-state index >= 15 is 0 Å². The molecule has 0 aromatic carbocycles. The van der Waals surface area contributed by atoms with Crippen LogP contribution in [-0.2, 0) is 9.53 Å². The van der Waals surface area contributed by atoms with Gasteiger partial charge in [0.1, 0.15) is 6.61 Å². The molecule has 0 radical (unpaired) electrons. The Morgan fingerprint density at radius 3 is 2.47 bits per heavy atom. The Morgan fingerprint density at radius 2 is 1.95 bits per heavy atom. The molecule has 1 rings (SSSR count). The Hall–Kier alpha value is -1.72. The van der Waals surface area contributed by atoms with Gasteiger partial charge >= 0.3 is 12.1 Å². The van der Waals surface area contributed by atoms with E-state index < -0.39 is 12.1 Å². The number of carboxylic acid groups (broad SMARTS) is 1. The molecule has 0 aliphatic heterocycles. The van der Waals surface area contributed by atoms with Crippen LogP contribution < -0.4 is 11.1 Å². The maximum Gasteiger partial charge on any atom is 0.407 e. The normalized spacial score (nSPS) is 17.5. The summed E-state index contributed by atoms with van der Waals surface area (Å²) >= 11 is 0. The van der Waals surface area contributed by atoms with Crippen molar-refractivity contribution in [2.24, 2.45) is 5.73 Å². The van der Waals surface area contributed by atoms with E-state index in [1.165, 1.54) is 6.42 Å². The van der Waals surface area contributed by atoms with Gasteiger partial charge in [0.2, 0.25) is 0 Å². The summed E-state index contributed by atoms with van der Waals surface area (Å²) in [5.74, 6) is -1.07. The highest BCUT2D eigenvalue weighted by Crippen LogP contribution is 2.17. The molecule has 1 saturated carbocycles. The van der Waals surface area contributed by atoms with Crippen molar-refractivity contribution in [3.05, 3.63) is 11.3 Å². The van der Waals surface area contributed by atoms with Gasteiger partial charge in [-0.2, -0.15) is 0 Å². The second kappa shape index (κ2) is 7.66. The Bertz CT molecular complexity index is 360. The Balaban J connectivity index is 2.38. The molecule has 0 bridgehead atoms. The van der Waals surface area contributed by atoms with Crippen LogP contribution in [0.25, 0.3) is 0 Å². The van der Waals surface area contributed by atoms with Gasteiger partial charge in [0.25, 0.3) is 0 Å². The molecule has 1 aliphatic rings. The second-order valence-electron chi connectivity index (χ2n) is 4.72. The number of amides is 1. The first-order valence-electron chi connectivity index (χ1n) is 6.68. The van der Waals surface area contributed by atoms with Gasteiger partial charge in [0, 0.05) is 6.04 Å². The van der Waals surface area contributed by atoms with Crippen LogP contribution in [0.3, 0.4) is 0 Å². The van der Waals surface area contributed by atoms with E-state index in [4.69, 9.17) is 15.6 Å². The van der Waals surface area contributed by atoms with Crippen molar-refractivity contribution >= 4 is 12.1 Å². The molecule has 0 heterocycles. The lowest BCUT2D eigenvalue weighted by atomic mass is 9.96. The van der Waals surface area contributed by atoms with Gasteiger partial charge < -0.3 is 20.9 Å². The molecule has 19 heavy (non-hydrogen) atoms. The van der Waals surface area contributed by atoms with Gasteiger partial charge in [-0.25, -0.2) is 9.59 Å². The number of carboxylic acids is 1. The minimum absolute atomic E-state index is 0.0884. The van der Waals surface area contributed by atoms with Crippen LogP contribution in [0.5, 0.6) is 0 Å². The topological polar surface area (TPSA) is 102 Å². The molecular weight excluding hydrogens is 248 g/mol. The third kappa shape index (κ3) is 5.19. The van der Waals surface area contributed by atoms with Crippen LogP contribution in [0.2, 0.25) is 0 Å². The van der Waals surface area contributed by atoms with Crippen molar-refractivity contribution in [3.63, 3.8) is 0 Å². The van der Waals surface area contributed by atoms with Crippen LogP contribution >= 0.6 is 0 Å². The molecule has 0 saturated heterocycles. The average molecular weight is 270 g/mol. The van der Waals surface area contributed by atoms with Crippen molar-refractivity contribution in [2.75, 3.05) is 6.61 Å². The number of aliphatic carboxylic acids is 1. The summed E-state index contributed by atoms with van der Waals surface area (Å²) in [6.07, 6.45) is 5.15. The monoisotopic (exact) mass is 270 g/mol. The first-order valence-corrected chi connectivity index (χ1v) is 6.68. The molecule has 0 aromatic heterocycles. The molecule has 1 aliphatic carbocycles. The smallest absolute Gasteiger partial charge is 0.407 e. The zero-order valence-electron chi connectivity index (χ0n) is 11.3. The van der Waals surface area contributed by atoms with Crippen molar-refractivity contribution < 1.29 is 19.4 Å². The predicted molar refractivity (Wildman–Crippen MR) is 70.5 cm³/mol. The fourth-order valence-corrected chi connectivity index (χ4v) is 2.20. The molecule has 6 heteroatoms. The standard InChI is InChI=1S/C13H22N2O4/c1-2-10(12(16)17)11(14)8-19-13(18)15-9-6-4-3-5-7-9/h9H,2-8,14H2,1H3,(H,15,18)(H,16,17). The SMILES string of the molecule is CCC(C(=O)O)=C(N)COC(=O)NC1CCCCC1. The van der Waals surface area contributed by atoms with Crippen molar-refractivity contribution in [2.45, 2.75) is 51.5 Å². The molecular formula is C13H22N2O4. The van der Waals surface area contributed by atoms with Crippen LogP contribution in [-0.4, -0.2) is 29.8 Å². The third-order valence-electron chi connectivity index (χ3n) is 3.29. The van der Waals surface area contributed by atoms with E-state index in [2.05, 4.69) is 5.32 Å². The van der Waals surface area contributed by atoms with Crippen molar-refractivity contribution in [3.8, 4) is 0 Å². The molecule has 0 unspecified atom stereocenters. The highest BCUT2D eigenvalue weighted by Gasteiger charge is 2.17. The Labute approximate surface area is 113 Å². The maximum atomic E-state index is 11.5. The Kier molecular flexibility index (Phi) is 6.18. The number of nitrogens with two attached hydrogens (primary N) is 1. The molecule has 108 valence electrons. The summed E-state index contributed by atoms with van der Waals surface area (Å²) in [7, 11) is 0. The largest absolute Gasteiger partial charge is 0.478 e. The zero-order chi connectivity index (χ0) is 14.3. The summed E-state index contributed by atoms with van der Waals surface area (Å²) in [4.78, 5) is 22.4. The number of nitrogens with one attached hydrogen (secondary N) is 1. The maximum absolute atomic E-state index is 11.5. The zero-order valence-corrected chi connectivity index (χ0v) is 11.3. The molecule has 0 spiro atoms. The summed E-state index contributed by atoms with van der Waals surface area (Å²) in [5.41, 5.74) is 5.78. The highest BCUT2D eigenvalue weighted by molar-refractivity contribution is 5.87. The number of carbonyl (C=O) groups is 2. The van der Waals surface area contributed by atoms with E-state index in [0.29, 0.717) is 6.42 Å².